The molecule has 2 aromatic carbocycles. The van der Waals surface area contributed by atoms with E-state index in [1.807, 2.05) is 0 Å². The van der Waals surface area contributed by atoms with Crippen LogP contribution in [0.4, 0.5) is 0 Å². The number of nitrogens with zero attached hydrogens (tertiary/aromatic N) is 1. The van der Waals surface area contributed by atoms with Crippen LogP contribution in [0.5, 0.6) is 5.75 Å². The van der Waals surface area contributed by atoms with E-state index in [9.17, 15) is 9.90 Å². The molecule has 0 aromatic heterocycles. The summed E-state index contributed by atoms with van der Waals surface area (Å²) >= 11 is 17.6. The van der Waals surface area contributed by atoms with E-state index in [1.165, 1.54) is 18.2 Å². The lowest BCUT2D eigenvalue weighted by Crippen LogP contribution is -2.05. The van der Waals surface area contributed by atoms with Gasteiger partial charge in [0.25, 0.3) is 0 Å². The van der Waals surface area contributed by atoms with E-state index in [-0.39, 0.29) is 27.9 Å². The molecule has 23 heavy (non-hydrogen) atoms. The molecule has 0 saturated carbocycles. The van der Waals surface area contributed by atoms with Crippen LogP contribution in [-0.2, 0) is 9.53 Å². The maximum absolute atomic E-state index is 11.9. The van der Waals surface area contributed by atoms with Crippen LogP contribution >= 0.6 is 34.8 Å². The highest BCUT2D eigenvalue weighted by molar-refractivity contribution is 6.36. The number of rotatable bonds is 2. The third-order valence-corrected chi connectivity index (χ3v) is 3.82. The van der Waals surface area contributed by atoms with E-state index in [0.29, 0.717) is 15.6 Å². The fourth-order valence-corrected chi connectivity index (χ4v) is 2.60. The summed E-state index contributed by atoms with van der Waals surface area (Å²) in [6.07, 6.45) is 1.36. The summed E-state index contributed by atoms with van der Waals surface area (Å²) in [5.74, 6) is -0.664. The van der Waals surface area contributed by atoms with Gasteiger partial charge in [0.1, 0.15) is 5.75 Å². The van der Waals surface area contributed by atoms with Gasteiger partial charge in [-0.15, -0.1) is 0 Å². The van der Waals surface area contributed by atoms with Gasteiger partial charge in [0.2, 0.25) is 5.90 Å². The molecule has 116 valence electrons. The third kappa shape index (κ3) is 3.34. The number of phenolic OH excluding ortho intramolecular Hbond substituents is 1. The van der Waals surface area contributed by atoms with Gasteiger partial charge < -0.3 is 9.84 Å². The van der Waals surface area contributed by atoms with Crippen molar-refractivity contribution in [3.8, 4) is 5.75 Å². The molecule has 0 atom stereocenters. The van der Waals surface area contributed by atoms with Crippen LogP contribution in [0.15, 0.2) is 47.1 Å². The quantitative estimate of drug-likeness (QED) is 0.617. The standard InChI is InChI=1S/C16H8Cl3NO3/c17-10-3-1-8(2-4-10)15-20-13(16(22)23-15)6-9-5-11(18)7-12(19)14(9)21/h1-7,21H. The third-order valence-electron chi connectivity index (χ3n) is 3.06. The first-order valence-corrected chi connectivity index (χ1v) is 7.54. The van der Waals surface area contributed by atoms with Gasteiger partial charge in [0.15, 0.2) is 5.70 Å². The summed E-state index contributed by atoms with van der Waals surface area (Å²) in [6.45, 7) is 0. The Morgan fingerprint density at radius 2 is 1.74 bits per heavy atom. The Kier molecular flexibility index (Phi) is 4.31. The van der Waals surface area contributed by atoms with Crippen molar-refractivity contribution in [3.63, 3.8) is 0 Å². The molecule has 1 aliphatic rings. The maximum Gasteiger partial charge on any atom is 0.363 e. The van der Waals surface area contributed by atoms with E-state index in [2.05, 4.69) is 4.99 Å². The van der Waals surface area contributed by atoms with E-state index in [0.717, 1.165) is 0 Å². The second-order valence-electron chi connectivity index (χ2n) is 4.67. The molecule has 0 bridgehead atoms. The predicted molar refractivity (Wildman–Crippen MR) is 90.2 cm³/mol. The van der Waals surface area contributed by atoms with E-state index < -0.39 is 5.97 Å². The van der Waals surface area contributed by atoms with Crippen LogP contribution in [0.1, 0.15) is 11.1 Å². The molecule has 0 spiro atoms. The number of esters is 1. The monoisotopic (exact) mass is 367 g/mol. The molecule has 4 nitrogen and oxygen atoms in total. The second kappa shape index (κ2) is 6.24. The van der Waals surface area contributed by atoms with Crippen LogP contribution in [0, 0.1) is 0 Å². The normalized spacial score (nSPS) is 15.7. The summed E-state index contributed by atoms with van der Waals surface area (Å²) < 4.78 is 5.12. The first-order valence-electron chi connectivity index (χ1n) is 6.40. The Bertz CT molecular complexity index is 858. The number of phenols is 1. The molecule has 0 amide bonds. The van der Waals surface area contributed by atoms with Crippen molar-refractivity contribution in [2.45, 2.75) is 0 Å². The van der Waals surface area contributed by atoms with Crippen molar-refractivity contribution < 1.29 is 14.6 Å². The number of ether oxygens (including phenoxy) is 1. The number of halogens is 3. The number of cyclic esters (lactones) is 1. The van der Waals surface area contributed by atoms with Crippen molar-refractivity contribution in [2.75, 3.05) is 0 Å². The summed E-state index contributed by atoms with van der Waals surface area (Å²) in [6, 6.07) is 9.57. The highest BCUT2D eigenvalue weighted by atomic mass is 35.5. The van der Waals surface area contributed by atoms with Crippen molar-refractivity contribution in [1.29, 1.82) is 0 Å². The maximum atomic E-state index is 11.9. The topological polar surface area (TPSA) is 58.9 Å². The second-order valence-corrected chi connectivity index (χ2v) is 5.95. The molecule has 0 saturated heterocycles. The first kappa shape index (κ1) is 15.9. The van der Waals surface area contributed by atoms with Gasteiger partial charge in [-0.3, -0.25) is 0 Å². The Labute approximate surface area is 146 Å². The highest BCUT2D eigenvalue weighted by Gasteiger charge is 2.24. The zero-order valence-electron chi connectivity index (χ0n) is 11.4. The van der Waals surface area contributed by atoms with Crippen LogP contribution < -0.4 is 0 Å². The molecule has 0 radical (unpaired) electrons. The van der Waals surface area contributed by atoms with Crippen LogP contribution in [0.3, 0.4) is 0 Å². The van der Waals surface area contributed by atoms with Crippen LogP contribution in [-0.4, -0.2) is 17.0 Å². The van der Waals surface area contributed by atoms with Gasteiger partial charge >= 0.3 is 5.97 Å². The zero-order chi connectivity index (χ0) is 16.6. The number of carbonyl (C=O) groups excluding carboxylic acids is 1. The van der Waals surface area contributed by atoms with Gasteiger partial charge in [-0.05, 0) is 42.5 Å². The van der Waals surface area contributed by atoms with Gasteiger partial charge in [-0.2, -0.15) is 0 Å². The van der Waals surface area contributed by atoms with Crippen LogP contribution in [0.25, 0.3) is 6.08 Å². The molecule has 0 unspecified atom stereocenters. The largest absolute Gasteiger partial charge is 0.506 e. The smallest absolute Gasteiger partial charge is 0.363 e. The summed E-state index contributed by atoms with van der Waals surface area (Å²) in [7, 11) is 0. The molecule has 1 N–H and O–H groups in total. The molecular weight excluding hydrogens is 361 g/mol. The number of carbonyl (C=O) groups is 1. The summed E-state index contributed by atoms with van der Waals surface area (Å²) in [4.78, 5) is 16.1. The lowest BCUT2D eigenvalue weighted by molar-refractivity contribution is -0.129. The molecule has 3 rings (SSSR count). The summed E-state index contributed by atoms with van der Waals surface area (Å²) in [5.41, 5.74) is 0.915. The number of aliphatic imine (C=N–C) groups is 1. The SMILES string of the molecule is O=C1OC(c2ccc(Cl)cc2)=NC1=Cc1cc(Cl)cc(Cl)c1O. The number of hydrogen-bond acceptors (Lipinski definition) is 4. The average molecular weight is 369 g/mol. The minimum atomic E-state index is -0.634. The van der Waals surface area contributed by atoms with Gasteiger partial charge in [0, 0.05) is 21.2 Å². The molecular formula is C16H8Cl3NO3. The lowest BCUT2D eigenvalue weighted by Gasteiger charge is -2.02. The number of benzene rings is 2. The lowest BCUT2D eigenvalue weighted by atomic mass is 10.1. The Balaban J connectivity index is 2.00. The fourth-order valence-electron chi connectivity index (χ4n) is 1.97. The zero-order valence-corrected chi connectivity index (χ0v) is 13.7. The Morgan fingerprint density at radius 3 is 2.43 bits per heavy atom. The van der Waals surface area contributed by atoms with Crippen molar-refractivity contribution in [3.05, 3.63) is 68.3 Å². The number of hydrogen-bond donors (Lipinski definition) is 1. The minimum absolute atomic E-state index is 0.0311. The molecule has 1 aliphatic heterocycles. The minimum Gasteiger partial charge on any atom is -0.506 e. The highest BCUT2D eigenvalue weighted by Crippen LogP contribution is 2.33. The molecule has 0 fully saturated rings. The molecule has 0 aliphatic carbocycles. The Morgan fingerprint density at radius 1 is 1.04 bits per heavy atom. The van der Waals surface area contributed by atoms with E-state index in [4.69, 9.17) is 39.5 Å². The van der Waals surface area contributed by atoms with E-state index >= 15 is 0 Å². The molecule has 7 heteroatoms. The average Bonchev–Trinajstić information content (AvgIpc) is 2.86. The van der Waals surface area contributed by atoms with Crippen molar-refractivity contribution in [1.82, 2.24) is 0 Å². The van der Waals surface area contributed by atoms with Crippen LogP contribution in [0.2, 0.25) is 15.1 Å². The van der Waals surface area contributed by atoms with Crippen molar-refractivity contribution >= 4 is 52.7 Å². The van der Waals surface area contributed by atoms with Gasteiger partial charge in [0.05, 0.1) is 5.02 Å². The Hall–Kier alpha value is -2.01. The predicted octanol–water partition coefficient (Wildman–Crippen LogP) is 4.70. The van der Waals surface area contributed by atoms with Crippen molar-refractivity contribution in [2.24, 2.45) is 4.99 Å². The number of aromatic hydroxyl groups is 1. The first-order chi connectivity index (χ1) is 10.9. The van der Waals surface area contributed by atoms with Gasteiger partial charge in [-0.1, -0.05) is 34.8 Å². The molecule has 1 heterocycles. The van der Waals surface area contributed by atoms with Gasteiger partial charge in [-0.25, -0.2) is 9.79 Å². The fraction of sp³-hybridized carbons (Fsp3) is 0. The molecule has 2 aromatic rings. The van der Waals surface area contributed by atoms with E-state index in [1.54, 1.807) is 24.3 Å². The summed E-state index contributed by atoms with van der Waals surface area (Å²) in [5, 5.41) is 10.9.